The summed E-state index contributed by atoms with van der Waals surface area (Å²) in [7, 11) is 0. The normalized spacial score (nSPS) is 16.1. The number of carboxylic acids is 3. The van der Waals surface area contributed by atoms with Crippen LogP contribution in [0, 0.1) is 17.8 Å². The van der Waals surface area contributed by atoms with E-state index in [0.717, 1.165) is 12.8 Å². The van der Waals surface area contributed by atoms with E-state index >= 15 is 0 Å². The molecule has 0 amide bonds. The van der Waals surface area contributed by atoms with Gasteiger partial charge < -0.3 is 19.8 Å². The number of hydrogen-bond acceptors (Lipinski definition) is 3. The first-order valence-corrected chi connectivity index (χ1v) is 13.3. The third-order valence-corrected chi connectivity index (χ3v) is 6.98. The minimum Gasteiger partial charge on any atom is -0.481 e. The van der Waals surface area contributed by atoms with Crippen molar-refractivity contribution < 1.29 is 34.2 Å². The second-order valence-corrected chi connectivity index (χ2v) is 9.78. The number of aliphatic carboxylic acids is 3. The quantitative estimate of drug-likeness (QED) is 0.101. The minimum atomic E-state index is -0.913. The molecule has 0 radical (unpaired) electrons. The molecule has 0 aliphatic carbocycles. The van der Waals surface area contributed by atoms with Crippen molar-refractivity contribution in [1.82, 2.24) is 0 Å². The molecule has 7 heteroatoms. The summed E-state index contributed by atoms with van der Waals surface area (Å²) >= 11 is 0. The largest absolute Gasteiger partial charge is 0.481 e. The lowest BCUT2D eigenvalue weighted by molar-refractivity contribution is -0.929. The topological polar surface area (TPSA) is 112 Å². The predicted molar refractivity (Wildman–Crippen MR) is 136 cm³/mol. The highest BCUT2D eigenvalue weighted by molar-refractivity contribution is 5.71. The van der Waals surface area contributed by atoms with Crippen LogP contribution in [0.1, 0.15) is 98.3 Å². The molecule has 0 aromatic rings. The van der Waals surface area contributed by atoms with Crippen molar-refractivity contribution in [2.45, 2.75) is 98.3 Å². The van der Waals surface area contributed by atoms with Gasteiger partial charge in [-0.15, -0.1) is 0 Å². The highest BCUT2D eigenvalue weighted by atomic mass is 16.4. The van der Waals surface area contributed by atoms with Gasteiger partial charge in [0.15, 0.2) is 0 Å². The summed E-state index contributed by atoms with van der Waals surface area (Å²) in [6.07, 6.45) is 14.9. The van der Waals surface area contributed by atoms with Crippen molar-refractivity contribution in [1.29, 1.82) is 0 Å². The van der Waals surface area contributed by atoms with Crippen LogP contribution in [0.25, 0.3) is 0 Å². The second-order valence-electron chi connectivity index (χ2n) is 9.78. The van der Waals surface area contributed by atoms with Gasteiger partial charge in [0, 0.05) is 0 Å². The van der Waals surface area contributed by atoms with Gasteiger partial charge in [-0.2, -0.15) is 0 Å². The van der Waals surface area contributed by atoms with Crippen LogP contribution in [0.2, 0.25) is 0 Å². The molecule has 0 aromatic heterocycles. The first kappa shape index (κ1) is 32.1. The molecule has 0 aliphatic rings. The van der Waals surface area contributed by atoms with Gasteiger partial charge in [0.25, 0.3) is 0 Å². The maximum absolute atomic E-state index is 11.9. The summed E-state index contributed by atoms with van der Waals surface area (Å²) in [6.45, 7) is 8.81. The number of carboxylic acid groups (broad SMARTS) is 3. The molecule has 3 atom stereocenters. The molecule has 0 saturated heterocycles. The van der Waals surface area contributed by atoms with Crippen LogP contribution in [0.5, 0.6) is 0 Å². The Hall–Kier alpha value is -1.89. The number of allylic oxidation sites excluding steroid dienone is 1. The fourth-order valence-electron chi connectivity index (χ4n) is 4.63. The van der Waals surface area contributed by atoms with E-state index in [2.05, 4.69) is 13.0 Å². The van der Waals surface area contributed by atoms with Gasteiger partial charge in [-0.05, 0) is 38.2 Å². The Morgan fingerprint density at radius 2 is 1.00 bits per heavy atom. The third kappa shape index (κ3) is 13.1. The van der Waals surface area contributed by atoms with Crippen LogP contribution < -0.4 is 0 Å². The van der Waals surface area contributed by atoms with Crippen LogP contribution in [0.4, 0.5) is 0 Å². The zero-order valence-corrected chi connectivity index (χ0v) is 22.0. The SMILES string of the molecule is CCCCCCCCC/C=C/C[N+](CC(CC)C(=O)O)(CC(CC)C(=O)O)CC(CC)C(=O)O. The van der Waals surface area contributed by atoms with Crippen LogP contribution in [0.3, 0.4) is 0 Å². The Balaban J connectivity index is 5.57. The molecular weight excluding hydrogens is 434 g/mol. The van der Waals surface area contributed by atoms with E-state index in [1.54, 1.807) is 0 Å². The lowest BCUT2D eigenvalue weighted by Gasteiger charge is -2.42. The average Bonchev–Trinajstić information content (AvgIpc) is 2.79. The molecule has 34 heavy (non-hydrogen) atoms. The first-order chi connectivity index (χ1) is 16.2. The Labute approximate surface area is 206 Å². The molecule has 0 fully saturated rings. The number of quaternary nitrogens is 1. The second kappa shape index (κ2) is 18.4. The van der Waals surface area contributed by atoms with Crippen LogP contribution in [0.15, 0.2) is 12.2 Å². The molecule has 0 aromatic carbocycles. The number of rotatable bonds is 22. The average molecular weight is 485 g/mol. The van der Waals surface area contributed by atoms with Crippen molar-refractivity contribution in [3.63, 3.8) is 0 Å². The van der Waals surface area contributed by atoms with Crippen molar-refractivity contribution in [2.75, 3.05) is 26.2 Å². The highest BCUT2D eigenvalue weighted by Gasteiger charge is 2.39. The van der Waals surface area contributed by atoms with E-state index in [0.29, 0.717) is 25.8 Å². The van der Waals surface area contributed by atoms with Gasteiger partial charge in [0.1, 0.15) is 17.8 Å². The summed E-state index contributed by atoms with van der Waals surface area (Å²) < 4.78 is 0.175. The van der Waals surface area contributed by atoms with Gasteiger partial charge in [0.2, 0.25) is 0 Å². The summed E-state index contributed by atoms with van der Waals surface area (Å²) in [5.74, 6) is -4.67. The standard InChI is InChI=1S/C27H49NO6/c1-5-9-10-11-12-13-14-15-16-17-18-28(19-22(6-2)25(29)30,20-23(7-3)26(31)32)21-24(8-4)27(33)34/h16-17,22-24H,5-15,18-21H2,1-4H3,(H2-,29,30,31,32,33,34)/p+1/b17-16+. The molecule has 0 heterocycles. The predicted octanol–water partition coefficient (Wildman–Crippen LogP) is 5.83. The van der Waals surface area contributed by atoms with Crippen LogP contribution in [-0.2, 0) is 14.4 Å². The maximum Gasteiger partial charge on any atom is 0.312 e. The highest BCUT2D eigenvalue weighted by Crippen LogP contribution is 2.24. The van der Waals surface area contributed by atoms with Gasteiger partial charge in [-0.25, -0.2) is 0 Å². The van der Waals surface area contributed by atoms with E-state index in [-0.39, 0.29) is 24.1 Å². The molecule has 7 nitrogen and oxygen atoms in total. The lowest BCUT2D eigenvalue weighted by Crippen LogP contribution is -2.58. The number of nitrogens with zero attached hydrogens (tertiary/aromatic N) is 1. The van der Waals surface area contributed by atoms with Crippen molar-refractivity contribution in [2.24, 2.45) is 17.8 Å². The maximum atomic E-state index is 11.9. The van der Waals surface area contributed by atoms with Crippen molar-refractivity contribution in [3.8, 4) is 0 Å². The van der Waals surface area contributed by atoms with Gasteiger partial charge >= 0.3 is 17.9 Å². The molecule has 3 unspecified atom stereocenters. The summed E-state index contributed by atoms with van der Waals surface area (Å²) in [5, 5.41) is 29.2. The molecule has 0 spiro atoms. The third-order valence-electron chi connectivity index (χ3n) is 6.98. The summed E-state index contributed by atoms with van der Waals surface area (Å²) in [6, 6.07) is 0. The number of hydrogen-bond donors (Lipinski definition) is 3. The molecule has 0 aliphatic heterocycles. The number of carbonyl (C=O) groups is 3. The van der Waals surface area contributed by atoms with E-state index in [4.69, 9.17) is 0 Å². The molecule has 0 saturated carbocycles. The van der Waals surface area contributed by atoms with E-state index in [1.807, 2.05) is 26.8 Å². The van der Waals surface area contributed by atoms with Crippen molar-refractivity contribution >= 4 is 17.9 Å². The smallest absolute Gasteiger partial charge is 0.312 e. The van der Waals surface area contributed by atoms with Gasteiger partial charge in [-0.1, -0.05) is 72.3 Å². The molecule has 198 valence electrons. The summed E-state index contributed by atoms with van der Waals surface area (Å²) in [4.78, 5) is 35.6. The zero-order chi connectivity index (χ0) is 26.0. The summed E-state index contributed by atoms with van der Waals surface area (Å²) in [5.41, 5.74) is 0. The number of unbranched alkanes of at least 4 members (excludes halogenated alkanes) is 7. The van der Waals surface area contributed by atoms with Gasteiger partial charge in [-0.3, -0.25) is 14.4 Å². The lowest BCUT2D eigenvalue weighted by atomic mass is 9.96. The van der Waals surface area contributed by atoms with Crippen LogP contribution in [-0.4, -0.2) is 63.9 Å². The zero-order valence-electron chi connectivity index (χ0n) is 22.0. The van der Waals surface area contributed by atoms with E-state index in [1.165, 1.54) is 38.5 Å². The van der Waals surface area contributed by atoms with E-state index < -0.39 is 35.7 Å². The minimum absolute atomic E-state index is 0.175. The Morgan fingerprint density at radius 1 is 0.618 bits per heavy atom. The molecule has 3 N–H and O–H groups in total. The molecule has 0 bridgehead atoms. The molecule has 0 rings (SSSR count). The van der Waals surface area contributed by atoms with E-state index in [9.17, 15) is 29.7 Å². The Morgan fingerprint density at radius 3 is 1.35 bits per heavy atom. The van der Waals surface area contributed by atoms with Gasteiger partial charge in [0.05, 0.1) is 26.2 Å². The fraction of sp³-hybridized carbons (Fsp3) is 0.815. The van der Waals surface area contributed by atoms with Crippen LogP contribution >= 0.6 is 0 Å². The Bertz CT molecular complexity index is 558. The Kier molecular flexibility index (Phi) is 17.4. The monoisotopic (exact) mass is 484 g/mol. The fourth-order valence-corrected chi connectivity index (χ4v) is 4.63. The first-order valence-electron chi connectivity index (χ1n) is 13.3. The van der Waals surface area contributed by atoms with Crippen molar-refractivity contribution in [3.05, 3.63) is 12.2 Å². The molecular formula is C27H50NO6+.